The van der Waals surface area contributed by atoms with E-state index in [-0.39, 0.29) is 0 Å². The second-order valence-electron chi connectivity index (χ2n) is 7.04. The Kier molecular flexibility index (Phi) is 6.12. The average Bonchev–Trinajstić information content (AvgIpc) is 3.44. The highest BCUT2D eigenvalue weighted by atomic mass is 16.5. The van der Waals surface area contributed by atoms with Gasteiger partial charge < -0.3 is 4.74 Å². The number of nitrogens with zero attached hydrogens (tertiary/aromatic N) is 6. The second-order valence-corrected chi connectivity index (χ2v) is 7.04. The van der Waals surface area contributed by atoms with Crippen molar-refractivity contribution in [2.24, 2.45) is 0 Å². The molecule has 0 atom stereocenters. The van der Waals surface area contributed by atoms with Crippen LogP contribution < -0.4 is 4.74 Å². The molecular formula is C22H25N7O. The van der Waals surface area contributed by atoms with Crippen LogP contribution in [0.4, 0.5) is 0 Å². The van der Waals surface area contributed by atoms with Crippen molar-refractivity contribution in [1.29, 1.82) is 0 Å². The van der Waals surface area contributed by atoms with Crippen molar-refractivity contribution in [2.75, 3.05) is 6.61 Å². The number of tetrazole rings is 1. The van der Waals surface area contributed by atoms with Crippen LogP contribution in [0.2, 0.25) is 0 Å². The van der Waals surface area contributed by atoms with E-state index in [1.54, 1.807) is 0 Å². The van der Waals surface area contributed by atoms with Crippen LogP contribution in [0.3, 0.4) is 0 Å². The molecule has 2 aromatic carbocycles. The fourth-order valence-electron chi connectivity index (χ4n) is 3.31. The minimum absolute atomic E-state index is 0.464. The van der Waals surface area contributed by atoms with Crippen LogP contribution in [-0.2, 0) is 13.0 Å². The molecule has 8 heteroatoms. The molecule has 0 aliphatic carbocycles. The predicted molar refractivity (Wildman–Crippen MR) is 114 cm³/mol. The Hall–Kier alpha value is -3.55. The van der Waals surface area contributed by atoms with Crippen molar-refractivity contribution in [3.8, 4) is 28.5 Å². The van der Waals surface area contributed by atoms with Gasteiger partial charge in [0.15, 0.2) is 0 Å². The van der Waals surface area contributed by atoms with Gasteiger partial charge in [-0.15, -0.1) is 15.3 Å². The molecule has 0 fully saturated rings. The van der Waals surface area contributed by atoms with Gasteiger partial charge in [-0.05, 0) is 34.7 Å². The van der Waals surface area contributed by atoms with Gasteiger partial charge in [-0.3, -0.25) is 0 Å². The Morgan fingerprint density at radius 2 is 1.77 bits per heavy atom. The standard InChI is InChI=1S/C22H25N7O/c1-3-7-20-23-22(30-14-4-2)26-29(20)15-16-10-12-17(13-11-16)18-8-5-6-9-19(18)21-24-27-28-25-21/h5-6,8-13H,3-4,7,14-15H2,1-2H3,(H,24,25,27,28). The van der Waals surface area contributed by atoms with E-state index in [0.717, 1.165) is 47.3 Å². The Labute approximate surface area is 175 Å². The van der Waals surface area contributed by atoms with Crippen LogP contribution in [0, 0.1) is 0 Å². The molecule has 1 N–H and O–H groups in total. The van der Waals surface area contributed by atoms with Gasteiger partial charge in [-0.1, -0.05) is 62.4 Å². The quantitative estimate of drug-likeness (QED) is 0.455. The first-order valence-electron chi connectivity index (χ1n) is 10.3. The highest BCUT2D eigenvalue weighted by Crippen LogP contribution is 2.29. The Morgan fingerprint density at radius 1 is 0.967 bits per heavy atom. The topological polar surface area (TPSA) is 94.4 Å². The van der Waals surface area contributed by atoms with Gasteiger partial charge in [-0.25, -0.2) is 4.68 Å². The maximum atomic E-state index is 5.62. The van der Waals surface area contributed by atoms with Crippen LogP contribution in [0.25, 0.3) is 22.5 Å². The third-order valence-corrected chi connectivity index (χ3v) is 4.75. The van der Waals surface area contributed by atoms with Gasteiger partial charge in [0, 0.05) is 12.0 Å². The highest BCUT2D eigenvalue weighted by molar-refractivity contribution is 5.80. The van der Waals surface area contributed by atoms with Crippen molar-refractivity contribution < 1.29 is 4.74 Å². The van der Waals surface area contributed by atoms with Crippen molar-refractivity contribution in [1.82, 2.24) is 35.4 Å². The summed E-state index contributed by atoms with van der Waals surface area (Å²) in [4.78, 5) is 4.55. The molecule has 0 radical (unpaired) electrons. The smallest absolute Gasteiger partial charge is 0.335 e. The van der Waals surface area contributed by atoms with Gasteiger partial charge in [0.1, 0.15) is 5.82 Å². The molecule has 0 aliphatic rings. The van der Waals surface area contributed by atoms with Crippen molar-refractivity contribution >= 4 is 0 Å². The SMILES string of the molecule is CCCOc1nc(CCC)n(Cc2ccc(-c3ccccc3-c3nn[nH]n3)cc2)n1. The molecule has 2 heterocycles. The molecule has 30 heavy (non-hydrogen) atoms. The summed E-state index contributed by atoms with van der Waals surface area (Å²) < 4.78 is 7.56. The lowest BCUT2D eigenvalue weighted by molar-refractivity contribution is 0.291. The minimum atomic E-state index is 0.464. The number of aromatic amines is 1. The number of H-pyrrole nitrogens is 1. The number of aromatic nitrogens is 7. The normalized spacial score (nSPS) is 11.0. The maximum absolute atomic E-state index is 5.62. The Balaban J connectivity index is 1.56. The molecule has 2 aromatic heterocycles. The number of rotatable bonds is 9. The van der Waals surface area contributed by atoms with E-state index < -0.39 is 0 Å². The van der Waals surface area contributed by atoms with E-state index in [2.05, 4.69) is 74.9 Å². The monoisotopic (exact) mass is 403 g/mol. The summed E-state index contributed by atoms with van der Waals surface area (Å²) in [5.74, 6) is 1.54. The molecule has 154 valence electrons. The fraction of sp³-hybridized carbons (Fsp3) is 0.318. The second kappa shape index (κ2) is 9.30. The van der Waals surface area contributed by atoms with Gasteiger partial charge in [0.25, 0.3) is 0 Å². The summed E-state index contributed by atoms with van der Waals surface area (Å²) >= 11 is 0. The van der Waals surface area contributed by atoms with Crippen molar-refractivity contribution in [3.63, 3.8) is 0 Å². The number of benzene rings is 2. The molecule has 4 rings (SSSR count). The summed E-state index contributed by atoms with van der Waals surface area (Å²) in [6, 6.07) is 17.0. The maximum Gasteiger partial charge on any atom is 0.335 e. The fourth-order valence-corrected chi connectivity index (χ4v) is 3.31. The van der Waals surface area contributed by atoms with E-state index >= 15 is 0 Å². The van der Waals surface area contributed by atoms with Crippen LogP contribution in [0.1, 0.15) is 38.1 Å². The zero-order valence-corrected chi connectivity index (χ0v) is 17.2. The van der Waals surface area contributed by atoms with E-state index in [1.807, 2.05) is 22.9 Å². The minimum Gasteiger partial charge on any atom is -0.462 e. The average molecular weight is 403 g/mol. The summed E-state index contributed by atoms with van der Waals surface area (Å²) in [5, 5.41) is 19.0. The summed E-state index contributed by atoms with van der Waals surface area (Å²) in [7, 11) is 0. The molecule has 0 unspecified atom stereocenters. The van der Waals surface area contributed by atoms with E-state index in [0.29, 0.717) is 25.0 Å². The van der Waals surface area contributed by atoms with Crippen LogP contribution >= 0.6 is 0 Å². The molecule has 0 bridgehead atoms. The van der Waals surface area contributed by atoms with E-state index in [9.17, 15) is 0 Å². The molecule has 0 saturated carbocycles. The van der Waals surface area contributed by atoms with Crippen molar-refractivity contribution in [2.45, 2.75) is 39.7 Å². The number of aryl methyl sites for hydroxylation is 1. The van der Waals surface area contributed by atoms with E-state index in [4.69, 9.17) is 4.74 Å². The molecule has 0 saturated heterocycles. The van der Waals surface area contributed by atoms with Crippen LogP contribution in [0.5, 0.6) is 6.01 Å². The number of nitrogens with one attached hydrogen (secondary N) is 1. The number of hydrogen-bond donors (Lipinski definition) is 1. The molecule has 0 amide bonds. The van der Waals surface area contributed by atoms with Gasteiger partial charge in [0.2, 0.25) is 5.82 Å². The Bertz CT molecular complexity index is 1070. The third kappa shape index (κ3) is 4.37. The molecule has 0 spiro atoms. The van der Waals surface area contributed by atoms with Crippen LogP contribution in [-0.4, -0.2) is 42.0 Å². The largest absolute Gasteiger partial charge is 0.462 e. The summed E-state index contributed by atoms with van der Waals surface area (Å²) in [6.45, 7) is 5.50. The third-order valence-electron chi connectivity index (χ3n) is 4.75. The lowest BCUT2D eigenvalue weighted by Gasteiger charge is -2.09. The van der Waals surface area contributed by atoms with Crippen LogP contribution in [0.15, 0.2) is 48.5 Å². The van der Waals surface area contributed by atoms with Gasteiger partial charge in [-0.2, -0.15) is 10.2 Å². The number of hydrogen-bond acceptors (Lipinski definition) is 6. The Morgan fingerprint density at radius 3 is 2.47 bits per heavy atom. The molecule has 8 nitrogen and oxygen atoms in total. The lowest BCUT2D eigenvalue weighted by atomic mass is 9.98. The number of ether oxygens (including phenoxy) is 1. The van der Waals surface area contributed by atoms with E-state index in [1.165, 1.54) is 0 Å². The molecule has 4 aromatic rings. The lowest BCUT2D eigenvalue weighted by Crippen LogP contribution is -2.07. The molecular weight excluding hydrogens is 378 g/mol. The zero-order chi connectivity index (χ0) is 20.8. The first-order valence-corrected chi connectivity index (χ1v) is 10.3. The highest BCUT2D eigenvalue weighted by Gasteiger charge is 2.13. The summed E-state index contributed by atoms with van der Waals surface area (Å²) in [6.07, 6.45) is 2.82. The first kappa shape index (κ1) is 19.8. The van der Waals surface area contributed by atoms with Crippen molar-refractivity contribution in [3.05, 3.63) is 59.9 Å². The zero-order valence-electron chi connectivity index (χ0n) is 17.2. The summed E-state index contributed by atoms with van der Waals surface area (Å²) in [5.41, 5.74) is 4.25. The van der Waals surface area contributed by atoms with Gasteiger partial charge in [0.05, 0.1) is 13.2 Å². The predicted octanol–water partition coefficient (Wildman–Crippen LogP) is 3.91. The first-order chi connectivity index (χ1) is 14.8. The van der Waals surface area contributed by atoms with Gasteiger partial charge >= 0.3 is 6.01 Å². The molecule has 0 aliphatic heterocycles.